The van der Waals surface area contributed by atoms with Gasteiger partial charge in [0.05, 0.1) is 46.3 Å². The lowest BCUT2D eigenvalue weighted by atomic mass is 10.1. The molecule has 206 valence electrons. The summed E-state index contributed by atoms with van der Waals surface area (Å²) in [6.45, 7) is 3.49. The number of esters is 1. The second-order valence-corrected chi connectivity index (χ2v) is 7.89. The summed E-state index contributed by atoms with van der Waals surface area (Å²) in [5.41, 5.74) is 0.463. The van der Waals surface area contributed by atoms with Crippen molar-refractivity contribution >= 4 is 29.4 Å². The molecule has 0 heterocycles. The number of carbonyl (C=O) groups is 4. The first-order valence-corrected chi connectivity index (χ1v) is 12.0. The van der Waals surface area contributed by atoms with Gasteiger partial charge in [0.1, 0.15) is 17.1 Å². The number of hydrogen-bond acceptors (Lipinski definition) is 9. The number of methoxy groups -OCH3 is 4. The molecule has 0 saturated heterocycles. The normalized spacial score (nSPS) is 10.3. The third kappa shape index (κ3) is 7.15. The van der Waals surface area contributed by atoms with Crippen molar-refractivity contribution < 1.29 is 42.9 Å². The topological polar surface area (TPSA) is 130 Å². The molecular weight excluding hydrogens is 496 g/mol. The van der Waals surface area contributed by atoms with Gasteiger partial charge < -0.3 is 29.0 Å². The largest absolute Gasteiger partial charge is 0.496 e. The van der Waals surface area contributed by atoms with E-state index < -0.39 is 11.9 Å². The number of imide groups is 1. The Morgan fingerprint density at radius 1 is 0.842 bits per heavy atom. The van der Waals surface area contributed by atoms with Crippen molar-refractivity contribution in [3.8, 4) is 23.0 Å². The molecule has 11 nitrogen and oxygen atoms in total. The Hall–Kier alpha value is -4.28. The second-order valence-electron chi connectivity index (χ2n) is 7.89. The first kappa shape index (κ1) is 29.9. The van der Waals surface area contributed by atoms with Crippen LogP contribution < -0.4 is 24.3 Å². The molecule has 0 saturated carbocycles. The third-order valence-electron chi connectivity index (χ3n) is 5.58. The molecule has 0 radical (unpaired) electrons. The Morgan fingerprint density at radius 3 is 2.00 bits per heavy atom. The van der Waals surface area contributed by atoms with E-state index in [9.17, 15) is 19.2 Å². The zero-order chi connectivity index (χ0) is 28.2. The smallest absolute Gasteiger partial charge is 0.340 e. The molecule has 0 bridgehead atoms. The minimum atomic E-state index is -0.667. The third-order valence-corrected chi connectivity index (χ3v) is 5.58. The van der Waals surface area contributed by atoms with Crippen molar-refractivity contribution in [1.82, 2.24) is 4.90 Å². The van der Waals surface area contributed by atoms with Crippen LogP contribution in [0.3, 0.4) is 0 Å². The second kappa shape index (κ2) is 14.5. The van der Waals surface area contributed by atoms with Gasteiger partial charge in [-0.05, 0) is 18.6 Å². The predicted octanol–water partition coefficient (Wildman–Crippen LogP) is 3.70. The highest BCUT2D eigenvalue weighted by Crippen LogP contribution is 2.34. The van der Waals surface area contributed by atoms with E-state index in [-0.39, 0.29) is 84.0 Å². The molecule has 2 rings (SSSR count). The number of carbonyl (C=O) groups excluding carboxylic acids is 4. The SMILES string of the molecule is CCC(=O)Nc1cc(OC)c(OCCCN(C(=O)CC)C(=O)c2c(OC)cccc2OC)cc1C(=O)OC. The van der Waals surface area contributed by atoms with Crippen molar-refractivity contribution in [1.29, 1.82) is 0 Å². The zero-order valence-corrected chi connectivity index (χ0v) is 22.5. The summed E-state index contributed by atoms with van der Waals surface area (Å²) in [5, 5.41) is 2.65. The highest BCUT2D eigenvalue weighted by Gasteiger charge is 2.27. The summed E-state index contributed by atoms with van der Waals surface area (Å²) in [7, 11) is 5.51. The highest BCUT2D eigenvalue weighted by molar-refractivity contribution is 6.08. The number of benzene rings is 2. The molecule has 2 aromatic rings. The van der Waals surface area contributed by atoms with Crippen LogP contribution in [0.25, 0.3) is 0 Å². The number of hydrogen-bond donors (Lipinski definition) is 1. The fourth-order valence-electron chi connectivity index (χ4n) is 3.59. The van der Waals surface area contributed by atoms with Gasteiger partial charge in [-0.15, -0.1) is 0 Å². The average molecular weight is 531 g/mol. The fourth-order valence-corrected chi connectivity index (χ4v) is 3.59. The first-order valence-electron chi connectivity index (χ1n) is 12.0. The number of amides is 3. The quantitative estimate of drug-likeness (QED) is 0.304. The molecule has 0 aliphatic carbocycles. The first-order chi connectivity index (χ1) is 18.3. The Labute approximate surface area is 221 Å². The molecule has 3 amide bonds. The lowest BCUT2D eigenvalue weighted by Gasteiger charge is -2.23. The van der Waals surface area contributed by atoms with E-state index in [1.54, 1.807) is 32.0 Å². The van der Waals surface area contributed by atoms with Gasteiger partial charge in [0.2, 0.25) is 11.8 Å². The molecule has 0 fully saturated rings. The lowest BCUT2D eigenvalue weighted by molar-refractivity contribution is -0.128. The summed E-state index contributed by atoms with van der Waals surface area (Å²) in [6.07, 6.45) is 0.610. The van der Waals surface area contributed by atoms with E-state index in [2.05, 4.69) is 5.32 Å². The molecule has 0 spiro atoms. The maximum atomic E-state index is 13.4. The van der Waals surface area contributed by atoms with Crippen LogP contribution in [0.5, 0.6) is 23.0 Å². The highest BCUT2D eigenvalue weighted by atomic mass is 16.5. The van der Waals surface area contributed by atoms with Crippen LogP contribution >= 0.6 is 0 Å². The minimum absolute atomic E-state index is 0.0591. The molecule has 1 N–H and O–H groups in total. The van der Waals surface area contributed by atoms with Gasteiger partial charge in [-0.25, -0.2) is 4.79 Å². The monoisotopic (exact) mass is 530 g/mol. The summed E-state index contributed by atoms with van der Waals surface area (Å²) >= 11 is 0. The van der Waals surface area contributed by atoms with Gasteiger partial charge in [0, 0.05) is 31.5 Å². The van der Waals surface area contributed by atoms with Gasteiger partial charge in [-0.3, -0.25) is 19.3 Å². The van der Waals surface area contributed by atoms with E-state index >= 15 is 0 Å². The molecule has 11 heteroatoms. The van der Waals surface area contributed by atoms with Crippen LogP contribution in [0.4, 0.5) is 5.69 Å². The minimum Gasteiger partial charge on any atom is -0.496 e. The van der Waals surface area contributed by atoms with Crippen LogP contribution in [-0.2, 0) is 14.3 Å². The van der Waals surface area contributed by atoms with Crippen LogP contribution in [0.2, 0.25) is 0 Å². The summed E-state index contributed by atoms with van der Waals surface area (Å²) in [6, 6.07) is 7.80. The Bertz CT molecular complexity index is 1140. The zero-order valence-electron chi connectivity index (χ0n) is 22.5. The predicted molar refractivity (Wildman–Crippen MR) is 139 cm³/mol. The average Bonchev–Trinajstić information content (AvgIpc) is 2.95. The Kier molecular flexibility index (Phi) is 11.4. The number of anilines is 1. The van der Waals surface area contributed by atoms with Crippen molar-refractivity contribution in [3.63, 3.8) is 0 Å². The number of nitrogens with one attached hydrogen (secondary N) is 1. The molecule has 0 atom stereocenters. The Balaban J connectivity index is 2.24. The molecule has 38 heavy (non-hydrogen) atoms. The van der Waals surface area contributed by atoms with Crippen LogP contribution in [0, 0.1) is 0 Å². The molecule has 2 aromatic carbocycles. The van der Waals surface area contributed by atoms with E-state index in [0.29, 0.717) is 0 Å². The number of rotatable bonds is 13. The van der Waals surface area contributed by atoms with Gasteiger partial charge in [0.15, 0.2) is 11.5 Å². The van der Waals surface area contributed by atoms with E-state index in [0.717, 1.165) is 4.90 Å². The maximum absolute atomic E-state index is 13.4. The standard InChI is InChI=1S/C27H34N2O9/c1-7-23(30)28-18-16-21(36-5)22(15-17(18)27(33)37-6)38-14-10-13-29(24(31)8-2)26(32)25-19(34-3)11-9-12-20(25)35-4/h9,11-12,15-16H,7-8,10,13-14H2,1-6H3,(H,28,30). The van der Waals surface area contributed by atoms with Crippen LogP contribution in [-0.4, -0.2) is 70.2 Å². The maximum Gasteiger partial charge on any atom is 0.340 e. The van der Waals surface area contributed by atoms with E-state index in [4.69, 9.17) is 23.7 Å². The molecule has 0 aliphatic rings. The molecule has 0 unspecified atom stereocenters. The van der Waals surface area contributed by atoms with E-state index in [1.807, 2.05) is 0 Å². The van der Waals surface area contributed by atoms with Crippen molar-refractivity contribution in [2.75, 3.05) is 46.9 Å². The summed E-state index contributed by atoms with van der Waals surface area (Å²) < 4.78 is 26.7. The summed E-state index contributed by atoms with van der Waals surface area (Å²) in [4.78, 5) is 51.4. The van der Waals surface area contributed by atoms with E-state index in [1.165, 1.54) is 40.6 Å². The van der Waals surface area contributed by atoms with Gasteiger partial charge in [0.25, 0.3) is 5.91 Å². The van der Waals surface area contributed by atoms with Gasteiger partial charge in [-0.1, -0.05) is 19.9 Å². The Morgan fingerprint density at radius 2 is 1.47 bits per heavy atom. The lowest BCUT2D eigenvalue weighted by Crippen LogP contribution is -2.38. The molecule has 0 aliphatic heterocycles. The van der Waals surface area contributed by atoms with Crippen LogP contribution in [0.1, 0.15) is 53.8 Å². The molecule has 0 aromatic heterocycles. The summed E-state index contributed by atoms with van der Waals surface area (Å²) in [5.74, 6) is -0.793. The van der Waals surface area contributed by atoms with Gasteiger partial charge in [-0.2, -0.15) is 0 Å². The number of nitrogens with zero attached hydrogens (tertiary/aromatic N) is 1. The number of ether oxygens (including phenoxy) is 5. The van der Waals surface area contributed by atoms with Crippen LogP contribution in [0.15, 0.2) is 30.3 Å². The van der Waals surface area contributed by atoms with Crippen molar-refractivity contribution in [3.05, 3.63) is 41.5 Å². The van der Waals surface area contributed by atoms with Gasteiger partial charge >= 0.3 is 5.97 Å². The van der Waals surface area contributed by atoms with Crippen molar-refractivity contribution in [2.24, 2.45) is 0 Å². The molecular formula is C27H34N2O9. The van der Waals surface area contributed by atoms with Crippen molar-refractivity contribution in [2.45, 2.75) is 33.1 Å². The fraction of sp³-hybridized carbons (Fsp3) is 0.407.